The van der Waals surface area contributed by atoms with Gasteiger partial charge in [-0.3, -0.25) is 0 Å². The van der Waals surface area contributed by atoms with Crippen molar-refractivity contribution in [2.75, 3.05) is 0 Å². The third-order valence-corrected chi connectivity index (χ3v) is 6.57. The van der Waals surface area contributed by atoms with E-state index in [1.807, 2.05) is 20.8 Å². The number of aromatic carboxylic acids is 1. The van der Waals surface area contributed by atoms with Crippen molar-refractivity contribution in [3.8, 4) is 0 Å². The molecule has 0 aliphatic carbocycles. The van der Waals surface area contributed by atoms with Crippen molar-refractivity contribution in [2.24, 2.45) is 5.41 Å². The Morgan fingerprint density at radius 1 is 1.47 bits per heavy atom. The maximum Gasteiger partial charge on any atom is 0.345 e. The van der Waals surface area contributed by atoms with Gasteiger partial charge in [0.2, 0.25) is 10.0 Å². The highest BCUT2D eigenvalue weighted by atomic mass is 79.9. The second-order valence-electron chi connectivity index (χ2n) is 5.26. The molecule has 0 aliphatic rings. The molecule has 1 aromatic rings. The van der Waals surface area contributed by atoms with E-state index in [4.69, 9.17) is 5.11 Å². The van der Waals surface area contributed by atoms with E-state index in [0.29, 0.717) is 3.79 Å². The van der Waals surface area contributed by atoms with Gasteiger partial charge >= 0.3 is 5.97 Å². The lowest BCUT2D eigenvalue weighted by atomic mass is 9.89. The molecule has 0 radical (unpaired) electrons. The standard InChI is InChI=1S/C11H16BrNO4S2/c1-6(11(2,3)4)13-19(16,17)8-5-7(10(14)15)18-9(8)12/h5-6,13H,1-4H3,(H,14,15). The summed E-state index contributed by atoms with van der Waals surface area (Å²) in [6.07, 6.45) is 0. The molecule has 0 saturated heterocycles. The summed E-state index contributed by atoms with van der Waals surface area (Å²) < 4.78 is 27.3. The second-order valence-corrected chi connectivity index (χ2v) is 9.32. The van der Waals surface area contributed by atoms with Crippen molar-refractivity contribution in [1.82, 2.24) is 4.72 Å². The Labute approximate surface area is 125 Å². The van der Waals surface area contributed by atoms with Crippen LogP contribution in [0.2, 0.25) is 0 Å². The van der Waals surface area contributed by atoms with Crippen molar-refractivity contribution in [3.63, 3.8) is 0 Å². The number of carbonyl (C=O) groups is 1. The van der Waals surface area contributed by atoms with Crippen LogP contribution in [0.4, 0.5) is 0 Å². The van der Waals surface area contributed by atoms with Gasteiger partial charge in [0.25, 0.3) is 0 Å². The number of rotatable bonds is 4. The van der Waals surface area contributed by atoms with Crippen molar-refractivity contribution >= 4 is 43.3 Å². The summed E-state index contributed by atoms with van der Waals surface area (Å²) in [6.45, 7) is 7.54. The summed E-state index contributed by atoms with van der Waals surface area (Å²) in [4.78, 5) is 10.8. The van der Waals surface area contributed by atoms with E-state index in [1.165, 1.54) is 0 Å². The zero-order chi connectivity index (χ0) is 15.0. The number of carboxylic acid groups (broad SMARTS) is 1. The Balaban J connectivity index is 3.11. The summed E-state index contributed by atoms with van der Waals surface area (Å²) in [7, 11) is -3.74. The van der Waals surface area contributed by atoms with Gasteiger partial charge in [-0.15, -0.1) is 11.3 Å². The van der Waals surface area contributed by atoms with Gasteiger partial charge in [-0.1, -0.05) is 20.8 Å². The van der Waals surface area contributed by atoms with Gasteiger partial charge in [0.1, 0.15) is 9.77 Å². The van der Waals surface area contributed by atoms with Crippen LogP contribution < -0.4 is 4.72 Å². The Kier molecular flexibility index (Phi) is 4.82. The maximum atomic E-state index is 12.2. The number of halogens is 1. The smallest absolute Gasteiger partial charge is 0.345 e. The van der Waals surface area contributed by atoms with E-state index in [1.54, 1.807) is 6.92 Å². The van der Waals surface area contributed by atoms with Gasteiger partial charge in [0.15, 0.2) is 0 Å². The van der Waals surface area contributed by atoms with Gasteiger partial charge in [0.05, 0.1) is 3.79 Å². The zero-order valence-electron chi connectivity index (χ0n) is 11.0. The molecule has 19 heavy (non-hydrogen) atoms. The summed E-state index contributed by atoms with van der Waals surface area (Å²) in [5.74, 6) is -1.14. The van der Waals surface area contributed by atoms with Crippen molar-refractivity contribution in [1.29, 1.82) is 0 Å². The molecule has 0 aliphatic heterocycles. The molecule has 1 atom stereocenters. The van der Waals surface area contributed by atoms with E-state index in [9.17, 15) is 13.2 Å². The van der Waals surface area contributed by atoms with Crippen LogP contribution in [0.5, 0.6) is 0 Å². The van der Waals surface area contributed by atoms with Crippen LogP contribution in [0.15, 0.2) is 14.7 Å². The summed E-state index contributed by atoms with van der Waals surface area (Å²) >= 11 is 3.98. The number of hydrogen-bond donors (Lipinski definition) is 2. The molecular formula is C11H16BrNO4S2. The number of sulfonamides is 1. The molecule has 1 heterocycles. The van der Waals surface area contributed by atoms with Crippen molar-refractivity contribution in [2.45, 2.75) is 38.6 Å². The molecule has 1 aromatic heterocycles. The largest absolute Gasteiger partial charge is 0.477 e. The minimum absolute atomic E-state index is 0.0179. The summed E-state index contributed by atoms with van der Waals surface area (Å²) in [6, 6.07) is 0.881. The Bertz CT molecular complexity index is 586. The monoisotopic (exact) mass is 369 g/mol. The maximum absolute atomic E-state index is 12.2. The molecule has 1 unspecified atom stereocenters. The fraction of sp³-hybridized carbons (Fsp3) is 0.545. The molecule has 1 rings (SSSR count). The molecule has 0 bridgehead atoms. The topological polar surface area (TPSA) is 83.5 Å². The minimum Gasteiger partial charge on any atom is -0.477 e. The van der Waals surface area contributed by atoms with E-state index in [-0.39, 0.29) is 21.2 Å². The van der Waals surface area contributed by atoms with E-state index in [0.717, 1.165) is 17.4 Å². The summed E-state index contributed by atoms with van der Waals surface area (Å²) in [5.41, 5.74) is -0.231. The summed E-state index contributed by atoms with van der Waals surface area (Å²) in [5, 5.41) is 8.87. The van der Waals surface area contributed by atoms with Gasteiger partial charge in [-0.05, 0) is 34.3 Å². The Morgan fingerprint density at radius 3 is 2.37 bits per heavy atom. The van der Waals surface area contributed by atoms with Crippen LogP contribution >= 0.6 is 27.3 Å². The number of nitrogens with one attached hydrogen (secondary N) is 1. The average molecular weight is 370 g/mol. The van der Waals surface area contributed by atoms with E-state index in [2.05, 4.69) is 20.7 Å². The first kappa shape index (κ1) is 16.6. The third-order valence-electron chi connectivity index (χ3n) is 2.79. The van der Waals surface area contributed by atoms with Gasteiger partial charge in [-0.25, -0.2) is 17.9 Å². The average Bonchev–Trinajstić information content (AvgIpc) is 2.59. The van der Waals surface area contributed by atoms with Crippen molar-refractivity contribution < 1.29 is 18.3 Å². The highest BCUT2D eigenvalue weighted by molar-refractivity contribution is 9.11. The fourth-order valence-corrected chi connectivity index (χ4v) is 4.97. The molecule has 8 heteroatoms. The molecule has 0 spiro atoms. The highest BCUT2D eigenvalue weighted by Crippen LogP contribution is 2.32. The molecule has 0 saturated carbocycles. The lowest BCUT2D eigenvalue weighted by Crippen LogP contribution is -2.41. The van der Waals surface area contributed by atoms with Crippen LogP contribution in [0.25, 0.3) is 0 Å². The van der Waals surface area contributed by atoms with Crippen molar-refractivity contribution in [3.05, 3.63) is 14.7 Å². The van der Waals surface area contributed by atoms with Crippen LogP contribution in [-0.2, 0) is 10.0 Å². The van der Waals surface area contributed by atoms with Crippen LogP contribution in [0.1, 0.15) is 37.4 Å². The first-order valence-corrected chi connectivity index (χ1v) is 8.59. The predicted octanol–water partition coefficient (Wildman–Crippen LogP) is 2.92. The number of carboxylic acids is 1. The normalized spacial score (nSPS) is 14.4. The van der Waals surface area contributed by atoms with Gasteiger partial charge < -0.3 is 5.11 Å². The molecule has 0 amide bonds. The molecule has 108 valence electrons. The first-order valence-electron chi connectivity index (χ1n) is 5.50. The molecule has 5 nitrogen and oxygen atoms in total. The van der Waals surface area contributed by atoms with Crippen LogP contribution in [-0.4, -0.2) is 25.5 Å². The molecule has 0 aromatic carbocycles. The highest BCUT2D eigenvalue weighted by Gasteiger charge is 2.29. The second kappa shape index (κ2) is 5.51. The fourth-order valence-electron chi connectivity index (χ4n) is 1.11. The number of hydrogen-bond acceptors (Lipinski definition) is 4. The quantitative estimate of drug-likeness (QED) is 0.854. The molecule has 0 fully saturated rings. The van der Waals surface area contributed by atoms with Crippen LogP contribution in [0.3, 0.4) is 0 Å². The van der Waals surface area contributed by atoms with Gasteiger partial charge in [-0.2, -0.15) is 0 Å². The van der Waals surface area contributed by atoms with E-state index >= 15 is 0 Å². The lowest BCUT2D eigenvalue weighted by Gasteiger charge is -2.27. The Hall–Kier alpha value is -0.440. The van der Waals surface area contributed by atoms with Crippen LogP contribution in [0, 0.1) is 5.41 Å². The third kappa shape index (κ3) is 4.01. The van der Waals surface area contributed by atoms with Gasteiger partial charge in [0, 0.05) is 6.04 Å². The lowest BCUT2D eigenvalue weighted by molar-refractivity contribution is 0.0702. The predicted molar refractivity (Wildman–Crippen MR) is 78.2 cm³/mol. The molecule has 2 N–H and O–H groups in total. The SMILES string of the molecule is CC(NS(=O)(=O)c1cc(C(=O)O)sc1Br)C(C)(C)C. The van der Waals surface area contributed by atoms with E-state index < -0.39 is 16.0 Å². The first-order chi connectivity index (χ1) is 8.45. The molecular weight excluding hydrogens is 354 g/mol. The number of thiophene rings is 1. The minimum atomic E-state index is -3.74. The Morgan fingerprint density at radius 2 is 2.00 bits per heavy atom. The zero-order valence-corrected chi connectivity index (χ0v) is 14.2.